The Hall–Kier alpha value is -3.51. The van der Waals surface area contributed by atoms with Gasteiger partial charge in [0.25, 0.3) is 0 Å². The van der Waals surface area contributed by atoms with Gasteiger partial charge in [-0.3, -0.25) is 4.79 Å². The first-order chi connectivity index (χ1) is 15.2. The monoisotopic (exact) mass is 458 g/mol. The smallest absolute Gasteiger partial charge is 0.417 e. The third-order valence-electron chi connectivity index (χ3n) is 4.59. The third kappa shape index (κ3) is 4.86. The first-order valence-corrected chi connectivity index (χ1v) is 10.2. The molecule has 3 aromatic rings. The van der Waals surface area contributed by atoms with Gasteiger partial charge >= 0.3 is 12.1 Å². The van der Waals surface area contributed by atoms with E-state index in [1.54, 1.807) is 61.5 Å². The molecule has 0 aliphatic rings. The Morgan fingerprint density at radius 2 is 1.88 bits per heavy atom. The number of carboxylic acids is 1. The molecular weight excluding hydrogens is 441 g/mol. The van der Waals surface area contributed by atoms with E-state index in [4.69, 9.17) is 4.74 Å². The summed E-state index contributed by atoms with van der Waals surface area (Å²) in [6, 6.07) is 15.3. The van der Waals surface area contributed by atoms with E-state index >= 15 is 0 Å². The van der Waals surface area contributed by atoms with Crippen LogP contribution < -0.4 is 4.74 Å². The minimum atomic E-state index is -4.85. The second-order valence-electron chi connectivity index (χ2n) is 6.80. The maximum Gasteiger partial charge on any atom is 0.417 e. The second kappa shape index (κ2) is 9.32. The first-order valence-electron chi connectivity index (χ1n) is 9.27. The Morgan fingerprint density at radius 1 is 1.19 bits per heavy atom. The molecule has 0 radical (unpaired) electrons. The summed E-state index contributed by atoms with van der Waals surface area (Å²) in [5, 5.41) is 17.6. The Balaban J connectivity index is 2.24. The number of methoxy groups -OCH3 is 1. The molecule has 5 nitrogen and oxygen atoms in total. The number of benzene rings is 2. The van der Waals surface area contributed by atoms with Gasteiger partial charge < -0.3 is 9.84 Å². The van der Waals surface area contributed by atoms with E-state index in [0.717, 1.165) is 11.6 Å². The molecule has 0 saturated carbocycles. The Bertz CT molecular complexity index is 1190. The number of hydrogen-bond acceptors (Lipinski definition) is 5. The van der Waals surface area contributed by atoms with Crippen LogP contribution in [0.1, 0.15) is 27.5 Å². The SMILES string of the molecule is COc1cc(C)ccc1-c1cc(C(F)(F)F)c(C#N)c(SC(C(=O)O)c2ccccc2)n1. The van der Waals surface area contributed by atoms with E-state index in [-0.39, 0.29) is 10.7 Å². The van der Waals surface area contributed by atoms with Gasteiger partial charge in [-0.1, -0.05) is 48.2 Å². The van der Waals surface area contributed by atoms with Crippen LogP contribution >= 0.6 is 11.8 Å². The average Bonchev–Trinajstić information content (AvgIpc) is 2.76. The van der Waals surface area contributed by atoms with Crippen molar-refractivity contribution >= 4 is 17.7 Å². The lowest BCUT2D eigenvalue weighted by atomic mass is 10.0. The van der Waals surface area contributed by atoms with E-state index in [9.17, 15) is 28.3 Å². The number of hydrogen-bond donors (Lipinski definition) is 1. The summed E-state index contributed by atoms with van der Waals surface area (Å²) in [4.78, 5) is 16.2. The molecule has 0 aliphatic heterocycles. The van der Waals surface area contributed by atoms with Crippen LogP contribution in [0.3, 0.4) is 0 Å². The lowest BCUT2D eigenvalue weighted by Gasteiger charge is -2.18. The van der Waals surface area contributed by atoms with Crippen LogP contribution in [0.5, 0.6) is 5.75 Å². The van der Waals surface area contributed by atoms with Crippen molar-refractivity contribution in [1.29, 1.82) is 5.26 Å². The number of alkyl halides is 3. The minimum absolute atomic E-state index is 0.0760. The lowest BCUT2D eigenvalue weighted by molar-refractivity contribution is -0.138. The number of carboxylic acid groups (broad SMARTS) is 1. The van der Waals surface area contributed by atoms with Crippen molar-refractivity contribution in [2.45, 2.75) is 23.4 Å². The fourth-order valence-electron chi connectivity index (χ4n) is 3.09. The summed E-state index contributed by atoms with van der Waals surface area (Å²) < 4.78 is 46.8. The van der Waals surface area contributed by atoms with Gasteiger partial charge in [-0.2, -0.15) is 18.4 Å². The number of aryl methyl sites for hydroxylation is 1. The molecule has 0 saturated heterocycles. The van der Waals surface area contributed by atoms with Crippen LogP contribution in [0, 0.1) is 18.3 Å². The molecule has 1 aromatic heterocycles. The fourth-order valence-corrected chi connectivity index (χ4v) is 4.13. The van der Waals surface area contributed by atoms with E-state index in [1.165, 1.54) is 7.11 Å². The number of carbonyl (C=O) groups is 1. The summed E-state index contributed by atoms with van der Waals surface area (Å²) in [7, 11) is 1.39. The van der Waals surface area contributed by atoms with E-state index in [0.29, 0.717) is 28.6 Å². The van der Waals surface area contributed by atoms with Gasteiger partial charge in [0.15, 0.2) is 0 Å². The molecule has 0 bridgehead atoms. The number of nitriles is 1. The topological polar surface area (TPSA) is 83.2 Å². The van der Waals surface area contributed by atoms with Crippen LogP contribution in [0.25, 0.3) is 11.3 Å². The zero-order valence-corrected chi connectivity index (χ0v) is 17.8. The first kappa shape index (κ1) is 23.2. The van der Waals surface area contributed by atoms with Crippen LogP contribution in [0.2, 0.25) is 0 Å². The highest BCUT2D eigenvalue weighted by Crippen LogP contribution is 2.43. The van der Waals surface area contributed by atoms with Crippen LogP contribution in [-0.2, 0) is 11.0 Å². The zero-order valence-electron chi connectivity index (χ0n) is 17.0. The molecule has 0 amide bonds. The van der Waals surface area contributed by atoms with Crippen LogP contribution in [-0.4, -0.2) is 23.2 Å². The summed E-state index contributed by atoms with van der Waals surface area (Å²) in [5.74, 6) is -0.956. The summed E-state index contributed by atoms with van der Waals surface area (Å²) in [5.41, 5.74) is -0.497. The molecule has 1 N–H and O–H groups in total. The molecule has 32 heavy (non-hydrogen) atoms. The molecule has 1 atom stereocenters. The number of halogens is 3. The van der Waals surface area contributed by atoms with Gasteiger partial charge in [0.1, 0.15) is 22.1 Å². The molecule has 1 heterocycles. The molecule has 9 heteroatoms. The van der Waals surface area contributed by atoms with E-state index < -0.39 is 28.5 Å². The van der Waals surface area contributed by atoms with Gasteiger partial charge in [-0.05, 0) is 36.2 Å². The van der Waals surface area contributed by atoms with Crippen molar-refractivity contribution in [2.24, 2.45) is 0 Å². The molecule has 0 spiro atoms. The van der Waals surface area contributed by atoms with E-state index in [2.05, 4.69) is 4.98 Å². The third-order valence-corrected chi connectivity index (χ3v) is 5.82. The second-order valence-corrected chi connectivity index (χ2v) is 7.89. The molecule has 1 unspecified atom stereocenters. The van der Waals surface area contributed by atoms with Crippen LogP contribution in [0.4, 0.5) is 13.2 Å². The number of ether oxygens (including phenoxy) is 1. The molecule has 164 valence electrons. The predicted octanol–water partition coefficient (Wildman–Crippen LogP) is 5.87. The molecule has 3 rings (SSSR count). The summed E-state index contributed by atoms with van der Waals surface area (Å²) in [6.07, 6.45) is -4.85. The number of rotatable bonds is 6. The maximum absolute atomic E-state index is 13.8. The highest BCUT2D eigenvalue weighted by Gasteiger charge is 2.37. The fraction of sp³-hybridized carbons (Fsp3) is 0.174. The van der Waals surface area contributed by atoms with Gasteiger partial charge in [0.2, 0.25) is 0 Å². The number of thioether (sulfide) groups is 1. The van der Waals surface area contributed by atoms with Crippen molar-refractivity contribution in [1.82, 2.24) is 4.98 Å². The molecule has 0 aliphatic carbocycles. The lowest BCUT2D eigenvalue weighted by Crippen LogP contribution is -2.13. The zero-order chi connectivity index (χ0) is 23.5. The standard InChI is InChI=1S/C23H17F3N2O3S/c1-13-8-9-15(19(10-13)31-2)18-11-17(23(24,25)26)16(12-27)21(28-18)32-20(22(29)30)14-6-4-3-5-7-14/h3-11,20H,1-2H3,(H,29,30). The quantitative estimate of drug-likeness (QED) is 0.465. The van der Waals surface area contributed by atoms with Crippen molar-refractivity contribution in [3.05, 3.63) is 76.9 Å². The summed E-state index contributed by atoms with van der Waals surface area (Å²) >= 11 is 0.583. The predicted molar refractivity (Wildman–Crippen MR) is 113 cm³/mol. The molecule has 2 aromatic carbocycles. The van der Waals surface area contributed by atoms with Gasteiger partial charge in [-0.15, -0.1) is 0 Å². The normalized spacial score (nSPS) is 12.1. The molecular formula is C23H17F3N2O3S. The van der Waals surface area contributed by atoms with Gasteiger partial charge in [-0.25, -0.2) is 4.98 Å². The van der Waals surface area contributed by atoms with E-state index in [1.807, 2.05) is 0 Å². The summed E-state index contributed by atoms with van der Waals surface area (Å²) in [6.45, 7) is 1.80. The number of pyridine rings is 1. The van der Waals surface area contributed by atoms with Crippen molar-refractivity contribution in [2.75, 3.05) is 7.11 Å². The number of aromatic nitrogens is 1. The Labute approximate surface area is 186 Å². The highest BCUT2D eigenvalue weighted by molar-refractivity contribution is 8.00. The number of nitrogens with zero attached hydrogens (tertiary/aromatic N) is 2. The van der Waals surface area contributed by atoms with Crippen LogP contribution in [0.15, 0.2) is 59.6 Å². The average molecular weight is 458 g/mol. The van der Waals surface area contributed by atoms with Gasteiger partial charge in [0.05, 0.1) is 23.9 Å². The van der Waals surface area contributed by atoms with Crippen molar-refractivity contribution in [3.8, 4) is 23.1 Å². The van der Waals surface area contributed by atoms with Crippen molar-refractivity contribution in [3.63, 3.8) is 0 Å². The van der Waals surface area contributed by atoms with Gasteiger partial charge in [0, 0.05) is 5.56 Å². The molecule has 0 fully saturated rings. The largest absolute Gasteiger partial charge is 0.496 e. The Kier molecular flexibility index (Phi) is 6.75. The maximum atomic E-state index is 13.8. The Morgan fingerprint density at radius 3 is 2.44 bits per heavy atom. The highest BCUT2D eigenvalue weighted by atomic mass is 32.2. The number of aliphatic carboxylic acids is 1. The minimum Gasteiger partial charge on any atom is -0.496 e. The van der Waals surface area contributed by atoms with Crippen molar-refractivity contribution < 1.29 is 27.8 Å².